The fraction of sp³-hybridized carbons (Fsp3) is 0.438. The van der Waals surface area contributed by atoms with Crippen molar-refractivity contribution in [3.05, 3.63) is 30.0 Å². The van der Waals surface area contributed by atoms with Crippen LogP contribution in [0, 0.1) is 0 Å². The molecule has 118 valence electrons. The third-order valence-corrected chi connectivity index (χ3v) is 3.80. The molecule has 0 saturated carbocycles. The number of aliphatic hydroxyl groups is 1. The lowest BCUT2D eigenvalue weighted by Gasteiger charge is -2.14. The first-order chi connectivity index (χ1) is 10.7. The SMILES string of the molecule is CCOc1cccc2[nH]cc(CC(=O)N[C@@H]3COC[C@H]3O)c12. The number of carbonyl (C=O) groups excluding carboxylic acids is 1. The number of fused-ring (bicyclic) bond motifs is 1. The van der Waals surface area contributed by atoms with Crippen LogP contribution in [-0.4, -0.2) is 48.0 Å². The summed E-state index contributed by atoms with van der Waals surface area (Å²) in [6.45, 7) is 3.12. The number of amides is 1. The summed E-state index contributed by atoms with van der Waals surface area (Å²) in [7, 11) is 0. The van der Waals surface area contributed by atoms with Crippen LogP contribution in [0.5, 0.6) is 5.75 Å². The van der Waals surface area contributed by atoms with Gasteiger partial charge in [0, 0.05) is 17.1 Å². The van der Waals surface area contributed by atoms with E-state index in [9.17, 15) is 9.90 Å². The van der Waals surface area contributed by atoms with Crippen LogP contribution < -0.4 is 10.1 Å². The maximum absolute atomic E-state index is 12.2. The van der Waals surface area contributed by atoms with E-state index in [-0.39, 0.29) is 25.0 Å². The molecule has 0 bridgehead atoms. The third-order valence-electron chi connectivity index (χ3n) is 3.80. The summed E-state index contributed by atoms with van der Waals surface area (Å²) in [4.78, 5) is 15.4. The normalized spacial score (nSPS) is 21.2. The fourth-order valence-electron chi connectivity index (χ4n) is 2.75. The van der Waals surface area contributed by atoms with Gasteiger partial charge in [0.15, 0.2) is 0 Å². The summed E-state index contributed by atoms with van der Waals surface area (Å²) in [5.74, 6) is 0.634. The second-order valence-corrected chi connectivity index (χ2v) is 5.38. The zero-order chi connectivity index (χ0) is 15.5. The fourth-order valence-corrected chi connectivity index (χ4v) is 2.75. The molecule has 1 amide bonds. The lowest BCUT2D eigenvalue weighted by Crippen LogP contribution is -2.43. The number of ether oxygens (including phenoxy) is 2. The number of aliphatic hydroxyl groups excluding tert-OH is 1. The van der Waals surface area contributed by atoms with Crippen molar-refractivity contribution in [3.63, 3.8) is 0 Å². The minimum atomic E-state index is -0.633. The second kappa shape index (κ2) is 6.37. The molecular formula is C16H20N2O4. The molecule has 3 rings (SSSR count). The van der Waals surface area contributed by atoms with Crippen molar-refractivity contribution < 1.29 is 19.4 Å². The molecule has 1 fully saturated rings. The first-order valence-electron chi connectivity index (χ1n) is 7.46. The average Bonchev–Trinajstić information content (AvgIpc) is 3.08. The smallest absolute Gasteiger partial charge is 0.224 e. The first kappa shape index (κ1) is 14.9. The molecule has 2 aromatic rings. The topological polar surface area (TPSA) is 83.6 Å². The molecule has 2 heterocycles. The number of hydrogen-bond donors (Lipinski definition) is 3. The van der Waals surface area contributed by atoms with Gasteiger partial charge < -0.3 is 24.9 Å². The summed E-state index contributed by atoms with van der Waals surface area (Å²) in [5.41, 5.74) is 1.82. The number of carbonyl (C=O) groups is 1. The highest BCUT2D eigenvalue weighted by atomic mass is 16.5. The van der Waals surface area contributed by atoms with Crippen LogP contribution in [0.2, 0.25) is 0 Å². The van der Waals surface area contributed by atoms with Crippen molar-refractivity contribution in [3.8, 4) is 5.75 Å². The number of benzene rings is 1. The summed E-state index contributed by atoms with van der Waals surface area (Å²) in [6.07, 6.45) is 1.42. The van der Waals surface area contributed by atoms with E-state index in [1.165, 1.54) is 0 Å². The Hall–Kier alpha value is -2.05. The minimum Gasteiger partial charge on any atom is -0.493 e. The van der Waals surface area contributed by atoms with Crippen LogP contribution >= 0.6 is 0 Å². The highest BCUT2D eigenvalue weighted by Gasteiger charge is 2.27. The summed E-state index contributed by atoms with van der Waals surface area (Å²) in [5, 5.41) is 13.4. The molecule has 0 aliphatic carbocycles. The lowest BCUT2D eigenvalue weighted by molar-refractivity contribution is -0.121. The number of aromatic nitrogens is 1. The summed E-state index contributed by atoms with van der Waals surface area (Å²) < 4.78 is 10.8. The van der Waals surface area contributed by atoms with Crippen molar-refractivity contribution in [2.75, 3.05) is 19.8 Å². The first-order valence-corrected chi connectivity index (χ1v) is 7.46. The maximum atomic E-state index is 12.2. The Labute approximate surface area is 128 Å². The Kier molecular flexibility index (Phi) is 4.31. The van der Waals surface area contributed by atoms with Gasteiger partial charge in [-0.25, -0.2) is 0 Å². The molecule has 1 aromatic heterocycles. The van der Waals surface area contributed by atoms with Crippen molar-refractivity contribution in [1.82, 2.24) is 10.3 Å². The number of nitrogens with one attached hydrogen (secondary N) is 2. The summed E-state index contributed by atoms with van der Waals surface area (Å²) in [6, 6.07) is 5.44. The molecule has 6 nitrogen and oxygen atoms in total. The lowest BCUT2D eigenvalue weighted by atomic mass is 10.1. The van der Waals surface area contributed by atoms with Gasteiger partial charge in [0.1, 0.15) is 5.75 Å². The molecule has 22 heavy (non-hydrogen) atoms. The molecule has 2 atom stereocenters. The van der Waals surface area contributed by atoms with Crippen LogP contribution in [0.1, 0.15) is 12.5 Å². The Morgan fingerprint density at radius 3 is 3.09 bits per heavy atom. The van der Waals surface area contributed by atoms with Crippen molar-refractivity contribution >= 4 is 16.8 Å². The van der Waals surface area contributed by atoms with Gasteiger partial charge in [0.05, 0.1) is 38.4 Å². The molecule has 1 aromatic carbocycles. The van der Waals surface area contributed by atoms with E-state index in [0.29, 0.717) is 13.2 Å². The van der Waals surface area contributed by atoms with E-state index in [2.05, 4.69) is 10.3 Å². The van der Waals surface area contributed by atoms with E-state index in [0.717, 1.165) is 22.2 Å². The van der Waals surface area contributed by atoms with Gasteiger partial charge in [-0.2, -0.15) is 0 Å². The van der Waals surface area contributed by atoms with Gasteiger partial charge in [-0.05, 0) is 24.6 Å². The van der Waals surface area contributed by atoms with Crippen LogP contribution in [0.3, 0.4) is 0 Å². The molecule has 0 radical (unpaired) electrons. The molecule has 0 spiro atoms. The highest BCUT2D eigenvalue weighted by Crippen LogP contribution is 2.29. The highest BCUT2D eigenvalue weighted by molar-refractivity contribution is 5.93. The zero-order valence-electron chi connectivity index (χ0n) is 12.5. The number of rotatable bonds is 5. The van der Waals surface area contributed by atoms with Crippen molar-refractivity contribution in [2.24, 2.45) is 0 Å². The van der Waals surface area contributed by atoms with Gasteiger partial charge in [-0.15, -0.1) is 0 Å². The van der Waals surface area contributed by atoms with Crippen molar-refractivity contribution in [2.45, 2.75) is 25.5 Å². The van der Waals surface area contributed by atoms with Crippen LogP contribution in [0.4, 0.5) is 0 Å². The number of H-pyrrole nitrogens is 1. The molecule has 1 saturated heterocycles. The zero-order valence-corrected chi connectivity index (χ0v) is 12.5. The Balaban J connectivity index is 1.77. The minimum absolute atomic E-state index is 0.137. The van der Waals surface area contributed by atoms with Gasteiger partial charge >= 0.3 is 0 Å². The van der Waals surface area contributed by atoms with Crippen LogP contribution in [-0.2, 0) is 16.0 Å². The van der Waals surface area contributed by atoms with Gasteiger partial charge in [-0.3, -0.25) is 4.79 Å². The monoisotopic (exact) mass is 304 g/mol. The Morgan fingerprint density at radius 2 is 2.36 bits per heavy atom. The van der Waals surface area contributed by atoms with Gasteiger partial charge in [0.2, 0.25) is 5.91 Å². The Bertz CT molecular complexity index is 667. The molecule has 1 aliphatic heterocycles. The Morgan fingerprint density at radius 1 is 1.50 bits per heavy atom. The van der Waals surface area contributed by atoms with Gasteiger partial charge in [-0.1, -0.05) is 6.07 Å². The van der Waals surface area contributed by atoms with E-state index in [1.54, 1.807) is 0 Å². The summed E-state index contributed by atoms with van der Waals surface area (Å²) >= 11 is 0. The number of hydrogen-bond acceptors (Lipinski definition) is 4. The van der Waals surface area contributed by atoms with Crippen LogP contribution in [0.15, 0.2) is 24.4 Å². The van der Waals surface area contributed by atoms with Crippen molar-refractivity contribution in [1.29, 1.82) is 0 Å². The van der Waals surface area contributed by atoms with E-state index in [4.69, 9.17) is 9.47 Å². The second-order valence-electron chi connectivity index (χ2n) is 5.38. The third kappa shape index (κ3) is 2.93. The number of aromatic amines is 1. The van der Waals surface area contributed by atoms with E-state index in [1.807, 2.05) is 31.3 Å². The quantitative estimate of drug-likeness (QED) is 0.769. The van der Waals surface area contributed by atoms with E-state index >= 15 is 0 Å². The standard InChI is InChI=1S/C16H20N2O4/c1-2-22-14-5-3-4-11-16(14)10(7-17-11)6-15(20)18-12-8-21-9-13(12)19/h3-5,7,12-13,17,19H,2,6,8-9H2,1H3,(H,18,20)/t12-,13-/m1/s1. The molecule has 3 N–H and O–H groups in total. The molecule has 1 aliphatic rings. The van der Waals surface area contributed by atoms with Crippen LogP contribution in [0.25, 0.3) is 10.9 Å². The maximum Gasteiger partial charge on any atom is 0.224 e. The predicted molar refractivity (Wildman–Crippen MR) is 81.9 cm³/mol. The molecular weight excluding hydrogens is 284 g/mol. The predicted octanol–water partition coefficient (Wildman–Crippen LogP) is 0.985. The van der Waals surface area contributed by atoms with E-state index < -0.39 is 6.10 Å². The molecule has 0 unspecified atom stereocenters. The molecule has 6 heteroatoms. The average molecular weight is 304 g/mol. The largest absolute Gasteiger partial charge is 0.493 e. The van der Waals surface area contributed by atoms with Gasteiger partial charge in [0.25, 0.3) is 0 Å².